The highest BCUT2D eigenvalue weighted by atomic mass is 16.3. The zero-order valence-electron chi connectivity index (χ0n) is 14.0. The van der Waals surface area contributed by atoms with Gasteiger partial charge in [-0.2, -0.15) is 0 Å². The number of hydrogen-bond acceptors (Lipinski definition) is 3. The van der Waals surface area contributed by atoms with Gasteiger partial charge in [0.25, 0.3) is 0 Å². The van der Waals surface area contributed by atoms with Crippen molar-refractivity contribution >= 4 is 11.6 Å². The summed E-state index contributed by atoms with van der Waals surface area (Å²) in [6.07, 6.45) is 0.585. The highest BCUT2D eigenvalue weighted by Gasteiger charge is 2.19. The van der Waals surface area contributed by atoms with Gasteiger partial charge in [0, 0.05) is 18.8 Å². The molecule has 0 radical (unpaired) electrons. The van der Waals surface area contributed by atoms with Crippen molar-refractivity contribution in [2.24, 2.45) is 0 Å². The fourth-order valence-electron chi connectivity index (χ4n) is 3.12. The maximum Gasteiger partial charge on any atom is 0.228 e. The highest BCUT2D eigenvalue weighted by molar-refractivity contribution is 5.99. The summed E-state index contributed by atoms with van der Waals surface area (Å²) in [5, 5.41) is 13.3. The van der Waals surface area contributed by atoms with Crippen LogP contribution in [-0.4, -0.2) is 29.0 Å². The van der Waals surface area contributed by atoms with E-state index >= 15 is 0 Å². The lowest BCUT2D eigenvalue weighted by Crippen LogP contribution is -2.25. The zero-order valence-corrected chi connectivity index (χ0v) is 14.0. The topological polar surface area (TPSA) is 52.6 Å². The first-order chi connectivity index (χ1) is 11.7. The lowest BCUT2D eigenvalue weighted by Gasteiger charge is -2.22. The molecule has 0 aromatic heterocycles. The molecule has 0 saturated heterocycles. The van der Waals surface area contributed by atoms with Gasteiger partial charge in [-0.15, -0.1) is 0 Å². The number of carbonyl (C=O) groups is 1. The van der Waals surface area contributed by atoms with Crippen molar-refractivity contribution in [3.63, 3.8) is 0 Å². The Balaban J connectivity index is 1.57. The summed E-state index contributed by atoms with van der Waals surface area (Å²) < 4.78 is 0. The number of anilines is 1. The van der Waals surface area contributed by atoms with Gasteiger partial charge >= 0.3 is 0 Å². The van der Waals surface area contributed by atoms with E-state index in [1.165, 1.54) is 5.56 Å². The Labute approximate surface area is 143 Å². The van der Waals surface area contributed by atoms with Crippen LogP contribution in [-0.2, 0) is 17.8 Å². The maximum absolute atomic E-state index is 11.4. The summed E-state index contributed by atoms with van der Waals surface area (Å²) in [6.45, 7) is 4.82. The summed E-state index contributed by atoms with van der Waals surface area (Å²) in [6, 6.07) is 16.1. The number of amides is 1. The second kappa shape index (κ2) is 7.60. The first-order valence-corrected chi connectivity index (χ1v) is 8.52. The van der Waals surface area contributed by atoms with Crippen molar-refractivity contribution < 1.29 is 9.90 Å². The minimum absolute atomic E-state index is 0.0247. The number of rotatable bonds is 7. The van der Waals surface area contributed by atoms with Gasteiger partial charge in [0.15, 0.2) is 0 Å². The first kappa shape index (κ1) is 16.7. The second-order valence-electron chi connectivity index (χ2n) is 6.30. The minimum Gasteiger partial charge on any atom is -0.388 e. The van der Waals surface area contributed by atoms with Gasteiger partial charge in [-0.3, -0.25) is 9.69 Å². The van der Waals surface area contributed by atoms with Crippen LogP contribution in [0, 0.1) is 0 Å². The van der Waals surface area contributed by atoms with Crippen LogP contribution in [0.5, 0.6) is 0 Å². The van der Waals surface area contributed by atoms with E-state index in [1.807, 2.05) is 24.3 Å². The van der Waals surface area contributed by atoms with Crippen LogP contribution in [0.15, 0.2) is 48.5 Å². The molecule has 0 spiro atoms. The van der Waals surface area contributed by atoms with E-state index < -0.39 is 6.10 Å². The van der Waals surface area contributed by atoms with Gasteiger partial charge in [0.1, 0.15) is 0 Å². The lowest BCUT2D eigenvalue weighted by atomic mass is 10.0. The molecule has 2 N–H and O–H groups in total. The number of hydrogen-bond donors (Lipinski definition) is 2. The molecular formula is C20H24N2O2. The first-order valence-electron chi connectivity index (χ1n) is 8.52. The van der Waals surface area contributed by atoms with Crippen molar-refractivity contribution in [1.82, 2.24) is 4.90 Å². The van der Waals surface area contributed by atoms with E-state index in [-0.39, 0.29) is 5.91 Å². The number of benzene rings is 2. The molecule has 24 heavy (non-hydrogen) atoms. The van der Waals surface area contributed by atoms with Crippen molar-refractivity contribution in [2.75, 3.05) is 18.4 Å². The van der Waals surface area contributed by atoms with E-state index in [4.69, 9.17) is 0 Å². The fraction of sp³-hybridized carbons (Fsp3) is 0.350. The predicted octanol–water partition coefficient (Wildman–Crippen LogP) is 3.13. The van der Waals surface area contributed by atoms with Gasteiger partial charge in [0.2, 0.25) is 5.91 Å². The lowest BCUT2D eigenvalue weighted by molar-refractivity contribution is -0.115. The average molecular weight is 324 g/mol. The number of fused-ring (bicyclic) bond motifs is 1. The van der Waals surface area contributed by atoms with Gasteiger partial charge in [0.05, 0.1) is 12.5 Å². The SMILES string of the molecule is CCN(CCC(O)c1ccc2c(c1)CC(=O)N2)Cc1ccccc1. The van der Waals surface area contributed by atoms with Crippen LogP contribution >= 0.6 is 0 Å². The Morgan fingerprint density at radius 2 is 2.00 bits per heavy atom. The molecule has 0 fully saturated rings. The van der Waals surface area contributed by atoms with E-state index in [9.17, 15) is 9.90 Å². The number of nitrogens with one attached hydrogen (secondary N) is 1. The van der Waals surface area contributed by atoms with Crippen LogP contribution in [0.4, 0.5) is 5.69 Å². The van der Waals surface area contributed by atoms with Gasteiger partial charge in [-0.05, 0) is 35.7 Å². The van der Waals surface area contributed by atoms with Gasteiger partial charge < -0.3 is 10.4 Å². The molecule has 4 heteroatoms. The van der Waals surface area contributed by atoms with Crippen LogP contribution < -0.4 is 5.32 Å². The molecule has 4 nitrogen and oxygen atoms in total. The van der Waals surface area contributed by atoms with Crippen LogP contribution in [0.2, 0.25) is 0 Å². The van der Waals surface area contributed by atoms with Crippen molar-refractivity contribution in [1.29, 1.82) is 0 Å². The number of aliphatic hydroxyl groups excluding tert-OH is 1. The molecule has 1 aliphatic heterocycles. The summed E-state index contributed by atoms with van der Waals surface area (Å²) in [5.74, 6) is 0.0247. The molecule has 1 atom stereocenters. The highest BCUT2D eigenvalue weighted by Crippen LogP contribution is 2.27. The van der Waals surface area contributed by atoms with Crippen molar-refractivity contribution in [3.05, 3.63) is 65.2 Å². The van der Waals surface area contributed by atoms with Crippen LogP contribution in [0.1, 0.15) is 36.1 Å². The summed E-state index contributed by atoms with van der Waals surface area (Å²) >= 11 is 0. The third-order valence-corrected chi connectivity index (χ3v) is 4.55. The summed E-state index contributed by atoms with van der Waals surface area (Å²) in [7, 11) is 0. The largest absolute Gasteiger partial charge is 0.388 e. The van der Waals surface area contributed by atoms with Crippen molar-refractivity contribution in [2.45, 2.75) is 32.4 Å². The summed E-state index contributed by atoms with van der Waals surface area (Å²) in [5.41, 5.74) is 4.03. The predicted molar refractivity (Wildman–Crippen MR) is 95.7 cm³/mol. The quantitative estimate of drug-likeness (QED) is 0.823. The third kappa shape index (κ3) is 4.02. The Morgan fingerprint density at radius 3 is 2.75 bits per heavy atom. The van der Waals surface area contributed by atoms with E-state index in [0.29, 0.717) is 12.8 Å². The number of aliphatic hydroxyl groups is 1. The van der Waals surface area contributed by atoms with Gasteiger partial charge in [-0.1, -0.05) is 49.4 Å². The molecule has 1 amide bonds. The maximum atomic E-state index is 11.4. The molecule has 3 rings (SSSR count). The Morgan fingerprint density at radius 1 is 1.21 bits per heavy atom. The standard InChI is InChI=1S/C20H24N2O2/c1-2-22(14-15-6-4-3-5-7-15)11-10-19(23)16-8-9-18-17(12-16)13-20(24)21-18/h3-9,12,19,23H,2,10-11,13-14H2,1H3,(H,21,24). The number of nitrogens with zero attached hydrogens (tertiary/aromatic N) is 1. The zero-order chi connectivity index (χ0) is 16.9. The molecule has 0 saturated carbocycles. The molecule has 2 aromatic carbocycles. The second-order valence-corrected chi connectivity index (χ2v) is 6.30. The number of carbonyl (C=O) groups excluding carboxylic acids is 1. The third-order valence-electron chi connectivity index (χ3n) is 4.55. The summed E-state index contributed by atoms with van der Waals surface area (Å²) in [4.78, 5) is 13.8. The Kier molecular flexibility index (Phi) is 5.28. The Bertz CT molecular complexity index is 700. The molecule has 2 aromatic rings. The smallest absolute Gasteiger partial charge is 0.228 e. The molecule has 0 aliphatic carbocycles. The Hall–Kier alpha value is -2.17. The van der Waals surface area contributed by atoms with Crippen molar-refractivity contribution in [3.8, 4) is 0 Å². The molecule has 1 aliphatic rings. The molecule has 1 unspecified atom stereocenters. The minimum atomic E-state index is -0.504. The molecule has 126 valence electrons. The van der Waals surface area contributed by atoms with E-state index in [2.05, 4.69) is 41.4 Å². The average Bonchev–Trinajstić information content (AvgIpc) is 2.98. The molecular weight excluding hydrogens is 300 g/mol. The van der Waals surface area contributed by atoms with Crippen LogP contribution in [0.25, 0.3) is 0 Å². The monoisotopic (exact) mass is 324 g/mol. The fourth-order valence-corrected chi connectivity index (χ4v) is 3.12. The molecule has 1 heterocycles. The van der Waals surface area contributed by atoms with Gasteiger partial charge in [-0.25, -0.2) is 0 Å². The van der Waals surface area contributed by atoms with E-state index in [1.54, 1.807) is 0 Å². The molecule has 0 bridgehead atoms. The van der Waals surface area contributed by atoms with Crippen LogP contribution in [0.3, 0.4) is 0 Å². The van der Waals surface area contributed by atoms with E-state index in [0.717, 1.165) is 36.4 Å². The normalized spacial score (nSPS) is 14.5.